The number of amides is 2. The molecule has 6 nitrogen and oxygen atoms in total. The molecule has 1 saturated heterocycles. The largest absolute Gasteiger partial charge is 0.480 e. The van der Waals surface area contributed by atoms with Crippen LogP contribution in [0.5, 0.6) is 0 Å². The van der Waals surface area contributed by atoms with Crippen molar-refractivity contribution in [2.75, 3.05) is 0 Å². The summed E-state index contributed by atoms with van der Waals surface area (Å²) in [7, 11) is 0. The summed E-state index contributed by atoms with van der Waals surface area (Å²) in [6.07, 6.45) is 7.63. The van der Waals surface area contributed by atoms with Crippen LogP contribution in [-0.2, 0) is 9.59 Å². The molecule has 1 aromatic carbocycles. The van der Waals surface area contributed by atoms with Gasteiger partial charge >= 0.3 is 5.97 Å². The minimum Gasteiger partial charge on any atom is -0.480 e. The van der Waals surface area contributed by atoms with E-state index < -0.39 is 17.9 Å². The number of rotatable bonds is 4. The number of benzene rings is 1. The maximum absolute atomic E-state index is 12.7. The van der Waals surface area contributed by atoms with Gasteiger partial charge in [-0.05, 0) is 49.0 Å². The molecule has 2 amide bonds. The van der Waals surface area contributed by atoms with Crippen LogP contribution >= 0.6 is 0 Å². The maximum Gasteiger partial charge on any atom is 0.326 e. The maximum atomic E-state index is 12.7. The van der Waals surface area contributed by atoms with Crippen molar-refractivity contribution in [3.8, 4) is 0 Å². The van der Waals surface area contributed by atoms with Gasteiger partial charge in [-0.1, -0.05) is 25.0 Å². The molecule has 132 valence electrons. The number of primary amides is 1. The van der Waals surface area contributed by atoms with E-state index in [9.17, 15) is 19.5 Å². The molecule has 1 aliphatic carbocycles. The van der Waals surface area contributed by atoms with Crippen LogP contribution in [-0.4, -0.2) is 39.9 Å². The second-order valence-electron chi connectivity index (χ2n) is 6.77. The normalized spacial score (nSPS) is 25.8. The van der Waals surface area contributed by atoms with Gasteiger partial charge in [0.15, 0.2) is 0 Å². The number of nitrogens with zero attached hydrogens (tertiary/aromatic N) is 1. The van der Waals surface area contributed by atoms with E-state index in [1.807, 2.05) is 0 Å². The molecule has 3 atom stereocenters. The summed E-state index contributed by atoms with van der Waals surface area (Å²) in [6.45, 7) is 0. The van der Waals surface area contributed by atoms with Gasteiger partial charge in [-0.2, -0.15) is 0 Å². The molecule has 1 aliphatic heterocycles. The van der Waals surface area contributed by atoms with Gasteiger partial charge in [0.1, 0.15) is 6.04 Å². The molecule has 3 N–H and O–H groups in total. The molecule has 3 rings (SSSR count). The number of carboxylic acid groups (broad SMARTS) is 1. The lowest BCUT2D eigenvalue weighted by molar-refractivity contribution is -0.147. The van der Waals surface area contributed by atoms with Crippen molar-refractivity contribution in [1.82, 2.24) is 4.90 Å². The third-order valence-corrected chi connectivity index (χ3v) is 5.24. The lowest BCUT2D eigenvalue weighted by Gasteiger charge is -2.32. The van der Waals surface area contributed by atoms with Gasteiger partial charge in [0.25, 0.3) is 0 Å². The fourth-order valence-corrected chi connectivity index (χ4v) is 4.01. The second-order valence-corrected chi connectivity index (χ2v) is 6.77. The van der Waals surface area contributed by atoms with E-state index in [2.05, 4.69) is 0 Å². The van der Waals surface area contributed by atoms with E-state index in [-0.39, 0.29) is 11.9 Å². The third-order valence-electron chi connectivity index (χ3n) is 5.24. The Balaban J connectivity index is 1.75. The highest BCUT2D eigenvalue weighted by molar-refractivity contribution is 5.96. The molecular formula is C19H22N2O4. The first kappa shape index (κ1) is 17.2. The van der Waals surface area contributed by atoms with Crippen LogP contribution in [0.1, 0.15) is 48.0 Å². The summed E-state index contributed by atoms with van der Waals surface area (Å²) in [4.78, 5) is 36.9. The van der Waals surface area contributed by atoms with Crippen molar-refractivity contribution in [3.63, 3.8) is 0 Å². The van der Waals surface area contributed by atoms with Gasteiger partial charge in [-0.15, -0.1) is 0 Å². The summed E-state index contributed by atoms with van der Waals surface area (Å²) < 4.78 is 0. The molecule has 0 aromatic heterocycles. The summed E-state index contributed by atoms with van der Waals surface area (Å²) in [5.41, 5.74) is 6.36. The van der Waals surface area contributed by atoms with E-state index in [0.29, 0.717) is 17.9 Å². The monoisotopic (exact) mass is 342 g/mol. The average Bonchev–Trinajstić information content (AvgIpc) is 3.00. The molecule has 1 saturated carbocycles. The molecule has 1 heterocycles. The highest BCUT2D eigenvalue weighted by Gasteiger charge is 2.46. The number of carbonyl (C=O) groups excluding carboxylic acids is 2. The number of hydrogen-bond acceptors (Lipinski definition) is 3. The second kappa shape index (κ2) is 7.09. The van der Waals surface area contributed by atoms with Crippen molar-refractivity contribution in [2.24, 2.45) is 11.7 Å². The Morgan fingerprint density at radius 2 is 1.80 bits per heavy atom. The highest BCUT2D eigenvalue weighted by atomic mass is 16.4. The predicted molar refractivity (Wildman–Crippen MR) is 92.6 cm³/mol. The fourth-order valence-electron chi connectivity index (χ4n) is 4.01. The van der Waals surface area contributed by atoms with Crippen molar-refractivity contribution < 1.29 is 19.5 Å². The Bertz CT molecular complexity index is 711. The zero-order valence-electron chi connectivity index (χ0n) is 13.9. The first-order valence-corrected chi connectivity index (χ1v) is 8.60. The molecule has 0 radical (unpaired) electrons. The molecule has 3 unspecified atom stereocenters. The van der Waals surface area contributed by atoms with Crippen molar-refractivity contribution in [1.29, 1.82) is 0 Å². The topological polar surface area (TPSA) is 101 Å². The number of aliphatic carboxylic acids is 1. The molecule has 6 heteroatoms. The summed E-state index contributed by atoms with van der Waals surface area (Å²) in [5, 5.41) is 9.49. The van der Waals surface area contributed by atoms with Gasteiger partial charge in [0.05, 0.1) is 0 Å². The number of likely N-dealkylation sites (tertiary alicyclic amines) is 1. The Hall–Kier alpha value is -2.63. The number of carbonyl (C=O) groups is 3. The number of nitrogens with two attached hydrogens (primary N) is 1. The zero-order chi connectivity index (χ0) is 18.0. The van der Waals surface area contributed by atoms with Gasteiger partial charge in [0.2, 0.25) is 11.8 Å². The number of fused-ring (bicyclic) bond motifs is 1. The summed E-state index contributed by atoms with van der Waals surface area (Å²) in [6, 6.07) is 5.89. The standard InChI is InChI=1S/C19H22N2O4/c20-18(23)13-8-5-12(6-9-13)7-10-17(22)21-15-4-2-1-3-14(15)11-16(21)19(24)25/h5-10,14-16H,1-4,11H2,(H2,20,23)(H,24,25). The summed E-state index contributed by atoms with van der Waals surface area (Å²) >= 11 is 0. The molecule has 0 spiro atoms. The molecule has 25 heavy (non-hydrogen) atoms. The fraction of sp³-hybridized carbons (Fsp3) is 0.421. The lowest BCUT2D eigenvalue weighted by Crippen LogP contribution is -2.45. The van der Waals surface area contributed by atoms with Gasteiger partial charge in [0, 0.05) is 17.7 Å². The minimum absolute atomic E-state index is 0.0317. The van der Waals surface area contributed by atoms with Crippen molar-refractivity contribution in [2.45, 2.75) is 44.2 Å². The van der Waals surface area contributed by atoms with Crippen LogP contribution < -0.4 is 5.73 Å². The van der Waals surface area contributed by atoms with Crippen LogP contribution in [0.3, 0.4) is 0 Å². The van der Waals surface area contributed by atoms with Crippen molar-refractivity contribution >= 4 is 23.9 Å². The molecule has 2 aliphatic rings. The molecule has 1 aromatic rings. The Labute approximate surface area is 146 Å². The zero-order valence-corrected chi connectivity index (χ0v) is 13.9. The molecule has 0 bridgehead atoms. The third kappa shape index (κ3) is 3.57. The van der Waals surface area contributed by atoms with Crippen LogP contribution in [0.4, 0.5) is 0 Å². The Kier molecular flexibility index (Phi) is 4.88. The van der Waals surface area contributed by atoms with Gasteiger partial charge in [-0.25, -0.2) is 4.79 Å². The van der Waals surface area contributed by atoms with Crippen LogP contribution in [0.25, 0.3) is 6.08 Å². The van der Waals surface area contributed by atoms with Crippen LogP contribution in [0.15, 0.2) is 30.3 Å². The first-order valence-electron chi connectivity index (χ1n) is 8.60. The quantitative estimate of drug-likeness (QED) is 0.818. The van der Waals surface area contributed by atoms with Crippen molar-refractivity contribution in [3.05, 3.63) is 41.5 Å². The van der Waals surface area contributed by atoms with Crippen LogP contribution in [0.2, 0.25) is 0 Å². The molecular weight excluding hydrogens is 320 g/mol. The van der Waals surface area contributed by atoms with E-state index in [1.165, 1.54) is 6.08 Å². The van der Waals surface area contributed by atoms with E-state index in [4.69, 9.17) is 5.73 Å². The van der Waals surface area contributed by atoms with E-state index in [1.54, 1.807) is 35.2 Å². The van der Waals surface area contributed by atoms with E-state index >= 15 is 0 Å². The first-order chi connectivity index (χ1) is 12.0. The Morgan fingerprint density at radius 1 is 1.12 bits per heavy atom. The Morgan fingerprint density at radius 3 is 2.44 bits per heavy atom. The van der Waals surface area contributed by atoms with E-state index in [0.717, 1.165) is 31.2 Å². The lowest BCUT2D eigenvalue weighted by atomic mass is 9.85. The number of hydrogen-bond donors (Lipinski definition) is 2. The average molecular weight is 342 g/mol. The smallest absolute Gasteiger partial charge is 0.326 e. The summed E-state index contributed by atoms with van der Waals surface area (Å²) in [5.74, 6) is -1.40. The van der Waals surface area contributed by atoms with Gasteiger partial charge in [-0.3, -0.25) is 9.59 Å². The van der Waals surface area contributed by atoms with Crippen LogP contribution in [0, 0.1) is 5.92 Å². The molecule has 2 fully saturated rings. The predicted octanol–water partition coefficient (Wildman–Crippen LogP) is 2.04. The SMILES string of the molecule is NC(=O)c1ccc(C=CC(=O)N2C(C(=O)O)CC3CCCCC32)cc1. The van der Waals surface area contributed by atoms with Gasteiger partial charge < -0.3 is 15.7 Å². The number of carboxylic acids is 1. The highest BCUT2D eigenvalue weighted by Crippen LogP contribution is 2.39. The minimum atomic E-state index is -0.929.